The number of halogens is 1. The van der Waals surface area contributed by atoms with Crippen molar-refractivity contribution in [3.05, 3.63) is 23.5 Å². The highest BCUT2D eigenvalue weighted by molar-refractivity contribution is 6.32. The summed E-state index contributed by atoms with van der Waals surface area (Å²) in [6.45, 7) is 0.902. The molecular formula is C12H16ClN3O. The molecule has 0 bridgehead atoms. The van der Waals surface area contributed by atoms with Gasteiger partial charge in [0.2, 0.25) is 5.91 Å². The van der Waals surface area contributed by atoms with E-state index in [-0.39, 0.29) is 11.9 Å². The van der Waals surface area contributed by atoms with Crippen molar-refractivity contribution in [1.82, 2.24) is 10.3 Å². The molecule has 1 saturated heterocycles. The molecule has 1 aliphatic heterocycles. The third-order valence-corrected chi connectivity index (χ3v) is 3.19. The molecule has 0 spiro atoms. The lowest BCUT2D eigenvalue weighted by Gasteiger charge is -2.15. The zero-order valence-electron chi connectivity index (χ0n) is 9.58. The van der Waals surface area contributed by atoms with E-state index in [1.807, 2.05) is 0 Å². The fourth-order valence-corrected chi connectivity index (χ4v) is 2.12. The SMILES string of the molecule is O=C(Nc1cccnc1Cl)C1CCCCCN1. The number of aromatic nitrogens is 1. The van der Waals surface area contributed by atoms with Crippen molar-refractivity contribution in [2.24, 2.45) is 0 Å². The minimum atomic E-state index is -0.117. The second-order valence-electron chi connectivity index (χ2n) is 4.19. The van der Waals surface area contributed by atoms with Gasteiger partial charge in [-0.05, 0) is 31.5 Å². The number of anilines is 1. The molecule has 1 unspecified atom stereocenters. The number of pyridine rings is 1. The second kappa shape index (κ2) is 5.98. The molecular weight excluding hydrogens is 238 g/mol. The van der Waals surface area contributed by atoms with Crippen LogP contribution in [0.2, 0.25) is 5.15 Å². The number of carbonyl (C=O) groups is 1. The summed E-state index contributed by atoms with van der Waals surface area (Å²) in [6.07, 6.45) is 5.89. The van der Waals surface area contributed by atoms with Gasteiger partial charge in [0.1, 0.15) is 0 Å². The first-order chi connectivity index (χ1) is 8.27. The number of nitrogens with zero attached hydrogens (tertiary/aromatic N) is 1. The van der Waals surface area contributed by atoms with E-state index in [9.17, 15) is 4.79 Å². The van der Waals surface area contributed by atoms with Crippen LogP contribution in [0.5, 0.6) is 0 Å². The highest BCUT2D eigenvalue weighted by atomic mass is 35.5. The molecule has 0 aromatic carbocycles. The second-order valence-corrected chi connectivity index (χ2v) is 4.55. The quantitative estimate of drug-likeness (QED) is 0.795. The minimum Gasteiger partial charge on any atom is -0.322 e. The number of hydrogen-bond donors (Lipinski definition) is 2. The molecule has 1 amide bonds. The van der Waals surface area contributed by atoms with Crippen molar-refractivity contribution in [3.8, 4) is 0 Å². The van der Waals surface area contributed by atoms with Gasteiger partial charge >= 0.3 is 0 Å². The Labute approximate surface area is 106 Å². The van der Waals surface area contributed by atoms with Gasteiger partial charge < -0.3 is 10.6 Å². The molecule has 0 radical (unpaired) electrons. The minimum absolute atomic E-state index is 0.0261. The first-order valence-electron chi connectivity index (χ1n) is 5.92. The van der Waals surface area contributed by atoms with Crippen LogP contribution < -0.4 is 10.6 Å². The smallest absolute Gasteiger partial charge is 0.241 e. The maximum atomic E-state index is 12.0. The first kappa shape index (κ1) is 12.3. The molecule has 2 N–H and O–H groups in total. The van der Waals surface area contributed by atoms with E-state index >= 15 is 0 Å². The molecule has 1 aromatic heterocycles. The third-order valence-electron chi connectivity index (χ3n) is 2.89. The lowest BCUT2D eigenvalue weighted by Crippen LogP contribution is -2.39. The predicted octanol–water partition coefficient (Wildman–Crippen LogP) is 2.21. The van der Waals surface area contributed by atoms with Crippen LogP contribution in [0.3, 0.4) is 0 Å². The van der Waals surface area contributed by atoms with Gasteiger partial charge in [-0.2, -0.15) is 0 Å². The lowest BCUT2D eigenvalue weighted by molar-refractivity contribution is -0.118. The highest BCUT2D eigenvalue weighted by Gasteiger charge is 2.20. The summed E-state index contributed by atoms with van der Waals surface area (Å²) >= 11 is 5.89. The summed E-state index contributed by atoms with van der Waals surface area (Å²) in [6, 6.07) is 3.39. The van der Waals surface area contributed by atoms with Gasteiger partial charge in [-0.1, -0.05) is 24.4 Å². The Kier molecular flexibility index (Phi) is 4.34. The van der Waals surface area contributed by atoms with Crippen molar-refractivity contribution in [1.29, 1.82) is 0 Å². The van der Waals surface area contributed by atoms with Crippen molar-refractivity contribution < 1.29 is 4.79 Å². The molecule has 1 aromatic rings. The number of nitrogens with one attached hydrogen (secondary N) is 2. The van der Waals surface area contributed by atoms with E-state index in [2.05, 4.69) is 15.6 Å². The predicted molar refractivity (Wildman–Crippen MR) is 68.1 cm³/mol. The van der Waals surface area contributed by atoms with Crippen LogP contribution in [0, 0.1) is 0 Å². The van der Waals surface area contributed by atoms with Crippen LogP contribution in [-0.4, -0.2) is 23.5 Å². The Hall–Kier alpha value is -1.13. The van der Waals surface area contributed by atoms with Crippen molar-refractivity contribution >= 4 is 23.2 Å². The summed E-state index contributed by atoms with van der Waals surface area (Å²) in [4.78, 5) is 15.9. The summed E-state index contributed by atoms with van der Waals surface area (Å²) < 4.78 is 0. The van der Waals surface area contributed by atoms with Crippen LogP contribution in [0.1, 0.15) is 25.7 Å². The lowest BCUT2D eigenvalue weighted by atomic mass is 10.1. The number of rotatable bonds is 2. The molecule has 2 rings (SSSR count). The monoisotopic (exact) mass is 253 g/mol. The molecule has 92 valence electrons. The Bertz CT molecular complexity index is 389. The van der Waals surface area contributed by atoms with E-state index < -0.39 is 0 Å². The molecule has 1 atom stereocenters. The fourth-order valence-electron chi connectivity index (χ4n) is 1.95. The number of amides is 1. The summed E-state index contributed by atoms with van der Waals surface area (Å²) in [5, 5.41) is 6.39. The summed E-state index contributed by atoms with van der Waals surface area (Å²) in [5.41, 5.74) is 0.574. The van der Waals surface area contributed by atoms with Gasteiger partial charge in [-0.3, -0.25) is 4.79 Å². The highest BCUT2D eigenvalue weighted by Crippen LogP contribution is 2.18. The Balaban J connectivity index is 1.98. The van der Waals surface area contributed by atoms with E-state index in [1.165, 1.54) is 6.42 Å². The molecule has 0 aliphatic carbocycles. The largest absolute Gasteiger partial charge is 0.322 e. The maximum absolute atomic E-state index is 12.0. The molecule has 5 heteroatoms. The maximum Gasteiger partial charge on any atom is 0.241 e. The van der Waals surface area contributed by atoms with Gasteiger partial charge in [0.15, 0.2) is 5.15 Å². The topological polar surface area (TPSA) is 54.0 Å². The van der Waals surface area contributed by atoms with Gasteiger partial charge in [-0.25, -0.2) is 4.98 Å². The first-order valence-corrected chi connectivity index (χ1v) is 6.30. The number of hydrogen-bond acceptors (Lipinski definition) is 3. The van der Waals surface area contributed by atoms with Crippen LogP contribution in [0.15, 0.2) is 18.3 Å². The Morgan fingerprint density at radius 2 is 2.35 bits per heavy atom. The van der Waals surface area contributed by atoms with Crippen LogP contribution in [-0.2, 0) is 4.79 Å². The summed E-state index contributed by atoms with van der Waals surface area (Å²) in [5.74, 6) is -0.0261. The number of carbonyl (C=O) groups excluding carboxylic acids is 1. The third kappa shape index (κ3) is 3.41. The zero-order chi connectivity index (χ0) is 12.1. The van der Waals surface area contributed by atoms with Gasteiger partial charge in [0.25, 0.3) is 0 Å². The van der Waals surface area contributed by atoms with E-state index in [0.29, 0.717) is 10.8 Å². The molecule has 0 saturated carbocycles. The van der Waals surface area contributed by atoms with Crippen molar-refractivity contribution in [2.45, 2.75) is 31.7 Å². The van der Waals surface area contributed by atoms with E-state index in [4.69, 9.17) is 11.6 Å². The average molecular weight is 254 g/mol. The molecule has 1 fully saturated rings. The van der Waals surface area contributed by atoms with Crippen LogP contribution in [0.25, 0.3) is 0 Å². The fraction of sp³-hybridized carbons (Fsp3) is 0.500. The molecule has 4 nitrogen and oxygen atoms in total. The van der Waals surface area contributed by atoms with Crippen molar-refractivity contribution in [2.75, 3.05) is 11.9 Å². The summed E-state index contributed by atoms with van der Waals surface area (Å²) in [7, 11) is 0. The molecule has 17 heavy (non-hydrogen) atoms. The van der Waals surface area contributed by atoms with Gasteiger partial charge in [0.05, 0.1) is 11.7 Å². The molecule has 2 heterocycles. The normalized spacial score (nSPS) is 20.6. The van der Waals surface area contributed by atoms with Crippen LogP contribution in [0.4, 0.5) is 5.69 Å². The zero-order valence-corrected chi connectivity index (χ0v) is 10.3. The Morgan fingerprint density at radius 1 is 1.47 bits per heavy atom. The molecule has 1 aliphatic rings. The van der Waals surface area contributed by atoms with Gasteiger partial charge in [0, 0.05) is 6.20 Å². The standard InChI is InChI=1S/C12H16ClN3O/c13-11-9(6-4-8-15-11)16-12(17)10-5-2-1-3-7-14-10/h4,6,8,10,14H,1-3,5,7H2,(H,16,17). The van der Waals surface area contributed by atoms with Crippen LogP contribution >= 0.6 is 11.6 Å². The van der Waals surface area contributed by atoms with Crippen molar-refractivity contribution in [3.63, 3.8) is 0 Å². The van der Waals surface area contributed by atoms with Gasteiger partial charge in [-0.15, -0.1) is 0 Å². The Morgan fingerprint density at radius 3 is 3.18 bits per heavy atom. The van der Waals surface area contributed by atoms with E-state index in [1.54, 1.807) is 18.3 Å². The average Bonchev–Trinajstić information content (AvgIpc) is 2.61. The van der Waals surface area contributed by atoms with E-state index in [0.717, 1.165) is 25.8 Å².